The van der Waals surface area contributed by atoms with Crippen molar-refractivity contribution in [2.24, 2.45) is 5.73 Å². The maximum Gasteiger partial charge on any atom is 0.196 e. The third-order valence-corrected chi connectivity index (χ3v) is 2.62. The first kappa shape index (κ1) is 12.2. The molecule has 1 unspecified atom stereocenters. The quantitative estimate of drug-likeness (QED) is 0.780. The van der Waals surface area contributed by atoms with Crippen LogP contribution in [0.25, 0.3) is 0 Å². The Morgan fingerprint density at radius 3 is 2.73 bits per heavy atom. The molecule has 84 valence electrons. The molecule has 1 aromatic carbocycles. The average molecular weight is 280 g/mol. The summed E-state index contributed by atoms with van der Waals surface area (Å²) < 4.78 is 18.7. The lowest BCUT2D eigenvalue weighted by Crippen LogP contribution is -2.17. The van der Waals surface area contributed by atoms with Crippen LogP contribution in [0.3, 0.4) is 0 Å². The van der Waals surface area contributed by atoms with Crippen LogP contribution in [0.1, 0.15) is 11.6 Å². The van der Waals surface area contributed by atoms with Gasteiger partial charge in [0.05, 0.1) is 19.8 Å². The SMILES string of the molecule is COc1c(O)cc(Br)c(C(N)CO)c1F. The summed E-state index contributed by atoms with van der Waals surface area (Å²) in [7, 11) is 1.24. The van der Waals surface area contributed by atoms with Crippen molar-refractivity contribution in [3.63, 3.8) is 0 Å². The lowest BCUT2D eigenvalue weighted by Gasteiger charge is -2.15. The highest BCUT2D eigenvalue weighted by Gasteiger charge is 2.21. The van der Waals surface area contributed by atoms with Gasteiger partial charge in [0.1, 0.15) is 0 Å². The molecule has 1 aromatic rings. The van der Waals surface area contributed by atoms with E-state index in [9.17, 15) is 9.50 Å². The number of hydrogen-bond donors (Lipinski definition) is 3. The molecule has 0 heterocycles. The monoisotopic (exact) mass is 279 g/mol. The molecule has 0 radical (unpaired) electrons. The van der Waals surface area contributed by atoms with Crippen LogP contribution in [-0.4, -0.2) is 23.9 Å². The number of benzene rings is 1. The van der Waals surface area contributed by atoms with E-state index >= 15 is 0 Å². The van der Waals surface area contributed by atoms with E-state index in [1.807, 2.05) is 0 Å². The number of rotatable bonds is 3. The minimum absolute atomic E-state index is 0.0761. The van der Waals surface area contributed by atoms with Crippen LogP contribution >= 0.6 is 15.9 Å². The van der Waals surface area contributed by atoms with Gasteiger partial charge < -0.3 is 20.7 Å². The van der Waals surface area contributed by atoms with Gasteiger partial charge in [-0.05, 0) is 6.07 Å². The maximum atomic E-state index is 13.7. The topological polar surface area (TPSA) is 75.7 Å². The number of aliphatic hydroxyl groups excluding tert-OH is 1. The fraction of sp³-hybridized carbons (Fsp3) is 0.333. The predicted octanol–water partition coefficient (Wildman–Crippen LogP) is 1.29. The fourth-order valence-electron chi connectivity index (χ4n) is 1.23. The van der Waals surface area contributed by atoms with Crippen molar-refractivity contribution in [3.05, 3.63) is 21.9 Å². The Morgan fingerprint density at radius 2 is 2.27 bits per heavy atom. The highest BCUT2D eigenvalue weighted by molar-refractivity contribution is 9.10. The molecule has 0 spiro atoms. The summed E-state index contributed by atoms with van der Waals surface area (Å²) in [5.41, 5.74) is 5.59. The molecule has 0 amide bonds. The summed E-state index contributed by atoms with van der Waals surface area (Å²) in [5, 5.41) is 18.2. The Hall–Kier alpha value is -0.850. The minimum atomic E-state index is -0.867. The Bertz CT molecular complexity index is 373. The molecule has 0 bridgehead atoms. The lowest BCUT2D eigenvalue weighted by atomic mass is 10.1. The fourth-order valence-corrected chi connectivity index (χ4v) is 1.91. The van der Waals surface area contributed by atoms with Crippen LogP contribution in [0, 0.1) is 5.82 Å². The van der Waals surface area contributed by atoms with Gasteiger partial charge in [0.15, 0.2) is 17.3 Å². The lowest BCUT2D eigenvalue weighted by molar-refractivity contribution is 0.263. The van der Waals surface area contributed by atoms with E-state index in [1.54, 1.807) is 0 Å². The molecular weight excluding hydrogens is 269 g/mol. The summed E-state index contributed by atoms with van der Waals surface area (Å²) in [6, 6.07) is 0.404. The highest BCUT2D eigenvalue weighted by Crippen LogP contribution is 2.38. The predicted molar refractivity (Wildman–Crippen MR) is 56.3 cm³/mol. The molecule has 1 rings (SSSR count). The molecule has 4 N–H and O–H groups in total. The van der Waals surface area contributed by atoms with Crippen molar-refractivity contribution in [2.45, 2.75) is 6.04 Å². The summed E-state index contributed by atoms with van der Waals surface area (Å²) >= 11 is 3.06. The van der Waals surface area contributed by atoms with Gasteiger partial charge in [-0.3, -0.25) is 0 Å². The zero-order valence-electron chi connectivity index (χ0n) is 8.00. The van der Waals surface area contributed by atoms with Crippen LogP contribution in [0.4, 0.5) is 4.39 Å². The Morgan fingerprint density at radius 1 is 1.67 bits per heavy atom. The van der Waals surface area contributed by atoms with E-state index in [0.717, 1.165) is 0 Å². The van der Waals surface area contributed by atoms with Crippen molar-refractivity contribution in [3.8, 4) is 11.5 Å². The number of methoxy groups -OCH3 is 1. The number of phenols is 1. The van der Waals surface area contributed by atoms with Gasteiger partial charge in [-0.25, -0.2) is 4.39 Å². The Balaban J connectivity index is 3.38. The van der Waals surface area contributed by atoms with E-state index in [-0.39, 0.29) is 17.1 Å². The smallest absolute Gasteiger partial charge is 0.196 e. The molecule has 4 nitrogen and oxygen atoms in total. The van der Waals surface area contributed by atoms with E-state index in [0.29, 0.717) is 4.47 Å². The van der Waals surface area contributed by atoms with Gasteiger partial charge in [0.2, 0.25) is 0 Å². The summed E-state index contributed by atoms with van der Waals surface area (Å²) in [4.78, 5) is 0. The zero-order valence-corrected chi connectivity index (χ0v) is 9.58. The second-order valence-corrected chi connectivity index (χ2v) is 3.78. The molecule has 0 aliphatic heterocycles. The summed E-state index contributed by atoms with van der Waals surface area (Å²) in [5.74, 6) is -1.38. The molecule has 0 aliphatic rings. The average Bonchev–Trinajstić information content (AvgIpc) is 2.17. The standard InChI is InChI=1S/C9H11BrFNO3/c1-15-9-6(14)2-4(10)7(8(9)11)5(12)3-13/h2,5,13-14H,3,12H2,1H3. The van der Waals surface area contributed by atoms with Gasteiger partial charge in [0.25, 0.3) is 0 Å². The van der Waals surface area contributed by atoms with Gasteiger partial charge in [-0.1, -0.05) is 15.9 Å². The van der Waals surface area contributed by atoms with Gasteiger partial charge in [-0.2, -0.15) is 0 Å². The maximum absolute atomic E-state index is 13.7. The Kier molecular flexibility index (Phi) is 3.90. The van der Waals surface area contributed by atoms with Crippen molar-refractivity contribution >= 4 is 15.9 Å². The number of phenolic OH excluding ortho intramolecular Hbond substituents is 1. The molecule has 0 fully saturated rings. The molecule has 0 aliphatic carbocycles. The Labute approximate surface area is 94.6 Å². The van der Waals surface area contributed by atoms with Gasteiger partial charge in [0, 0.05) is 10.0 Å². The van der Waals surface area contributed by atoms with Gasteiger partial charge >= 0.3 is 0 Å². The molecular formula is C9H11BrFNO3. The van der Waals surface area contributed by atoms with E-state index in [4.69, 9.17) is 10.8 Å². The number of hydrogen-bond acceptors (Lipinski definition) is 4. The highest BCUT2D eigenvalue weighted by atomic mass is 79.9. The second kappa shape index (κ2) is 4.78. The summed E-state index contributed by atoms with van der Waals surface area (Å²) in [6.45, 7) is -0.399. The third kappa shape index (κ3) is 2.22. The number of ether oxygens (including phenoxy) is 1. The number of aromatic hydroxyl groups is 1. The van der Waals surface area contributed by atoms with Crippen molar-refractivity contribution in [1.82, 2.24) is 0 Å². The molecule has 0 saturated heterocycles. The van der Waals surface area contributed by atoms with Crippen LogP contribution in [-0.2, 0) is 0 Å². The summed E-state index contributed by atoms with van der Waals surface area (Å²) in [6.07, 6.45) is 0. The second-order valence-electron chi connectivity index (χ2n) is 2.93. The number of halogens is 2. The van der Waals surface area contributed by atoms with E-state index < -0.39 is 18.5 Å². The van der Waals surface area contributed by atoms with Crippen LogP contribution in [0.5, 0.6) is 11.5 Å². The van der Waals surface area contributed by atoms with Crippen molar-refractivity contribution in [2.75, 3.05) is 13.7 Å². The molecule has 15 heavy (non-hydrogen) atoms. The van der Waals surface area contributed by atoms with Crippen LogP contribution in [0.2, 0.25) is 0 Å². The number of aliphatic hydroxyl groups is 1. The first-order chi connectivity index (χ1) is 7.02. The largest absolute Gasteiger partial charge is 0.504 e. The normalized spacial score (nSPS) is 12.6. The zero-order chi connectivity index (χ0) is 11.6. The van der Waals surface area contributed by atoms with Crippen molar-refractivity contribution < 1.29 is 19.3 Å². The molecule has 0 saturated carbocycles. The van der Waals surface area contributed by atoms with Crippen molar-refractivity contribution in [1.29, 1.82) is 0 Å². The molecule has 1 atom stereocenters. The first-order valence-electron chi connectivity index (χ1n) is 4.14. The molecule has 6 heteroatoms. The minimum Gasteiger partial charge on any atom is -0.504 e. The third-order valence-electron chi connectivity index (χ3n) is 1.96. The van der Waals surface area contributed by atoms with Gasteiger partial charge in [-0.15, -0.1) is 0 Å². The molecule has 0 aromatic heterocycles. The van der Waals surface area contributed by atoms with Crippen LogP contribution < -0.4 is 10.5 Å². The van der Waals surface area contributed by atoms with E-state index in [1.165, 1.54) is 13.2 Å². The number of nitrogens with two attached hydrogens (primary N) is 1. The van der Waals surface area contributed by atoms with Crippen LogP contribution in [0.15, 0.2) is 10.5 Å². The first-order valence-corrected chi connectivity index (χ1v) is 4.93. The van der Waals surface area contributed by atoms with E-state index in [2.05, 4.69) is 20.7 Å².